The number of sulfonamides is 1. The van der Waals surface area contributed by atoms with Gasteiger partial charge in [0, 0.05) is 33.7 Å². The highest BCUT2D eigenvalue weighted by Crippen LogP contribution is 2.22. The minimum Gasteiger partial charge on any atom is -0.348 e. The summed E-state index contributed by atoms with van der Waals surface area (Å²) >= 11 is 0. The molecule has 2 aromatic rings. The zero-order valence-corrected chi connectivity index (χ0v) is 16.1. The van der Waals surface area contributed by atoms with E-state index in [1.807, 2.05) is 35.2 Å². The molecule has 1 aliphatic rings. The maximum Gasteiger partial charge on any atom is 0.243 e. The molecule has 0 aliphatic carbocycles. The van der Waals surface area contributed by atoms with E-state index in [2.05, 4.69) is 0 Å². The molecule has 7 heteroatoms. The molecule has 0 unspecified atom stereocenters. The van der Waals surface area contributed by atoms with Crippen molar-refractivity contribution in [2.75, 3.05) is 46.8 Å². The van der Waals surface area contributed by atoms with Crippen molar-refractivity contribution in [2.24, 2.45) is 0 Å². The molecule has 1 heterocycles. The molecule has 1 saturated heterocycles. The van der Waals surface area contributed by atoms with E-state index in [1.165, 1.54) is 4.31 Å². The zero-order chi connectivity index (χ0) is 18.7. The number of hydrogen-bond donors (Lipinski definition) is 0. The normalized spacial score (nSPS) is 17.2. The Labute approximate surface area is 155 Å². The van der Waals surface area contributed by atoms with Gasteiger partial charge < -0.3 is 4.90 Å². The highest BCUT2D eigenvalue weighted by atomic mass is 32.2. The Morgan fingerprint density at radius 1 is 1.00 bits per heavy atom. The fraction of sp³-hybridized carbons (Fsp3) is 0.421. The van der Waals surface area contributed by atoms with Gasteiger partial charge in [0.05, 0.1) is 11.4 Å². The summed E-state index contributed by atoms with van der Waals surface area (Å²) in [6.45, 7) is 2.49. The second-order valence-electron chi connectivity index (χ2n) is 6.83. The number of likely N-dealkylation sites (N-methyl/N-ethyl adjacent to an activating group) is 1. The van der Waals surface area contributed by atoms with E-state index in [9.17, 15) is 13.2 Å². The summed E-state index contributed by atoms with van der Waals surface area (Å²) in [6.07, 6.45) is 0.716. The van der Waals surface area contributed by atoms with Crippen molar-refractivity contribution in [1.82, 2.24) is 14.1 Å². The first-order chi connectivity index (χ1) is 12.4. The largest absolute Gasteiger partial charge is 0.348 e. The van der Waals surface area contributed by atoms with Crippen molar-refractivity contribution in [2.45, 2.75) is 11.3 Å². The summed E-state index contributed by atoms with van der Waals surface area (Å²) in [6, 6.07) is 13.0. The Balaban J connectivity index is 1.75. The second-order valence-corrected chi connectivity index (χ2v) is 8.77. The summed E-state index contributed by atoms with van der Waals surface area (Å²) in [5.41, 5.74) is 0. The van der Waals surface area contributed by atoms with Gasteiger partial charge in [-0.3, -0.25) is 9.69 Å². The van der Waals surface area contributed by atoms with Gasteiger partial charge in [0.25, 0.3) is 0 Å². The first kappa shape index (κ1) is 18.8. The van der Waals surface area contributed by atoms with Crippen molar-refractivity contribution in [3.63, 3.8) is 0 Å². The van der Waals surface area contributed by atoms with Crippen LogP contribution in [0.1, 0.15) is 6.42 Å². The van der Waals surface area contributed by atoms with Gasteiger partial charge in [0.2, 0.25) is 15.9 Å². The van der Waals surface area contributed by atoms with Gasteiger partial charge in [-0.05, 0) is 35.9 Å². The van der Waals surface area contributed by atoms with E-state index < -0.39 is 10.0 Å². The summed E-state index contributed by atoms with van der Waals surface area (Å²) in [5, 5.41) is 1.94. The van der Waals surface area contributed by atoms with E-state index in [-0.39, 0.29) is 5.91 Å². The Hall–Kier alpha value is -1.96. The van der Waals surface area contributed by atoms with Gasteiger partial charge in [0.1, 0.15) is 0 Å². The van der Waals surface area contributed by atoms with Crippen molar-refractivity contribution in [3.05, 3.63) is 42.5 Å². The van der Waals surface area contributed by atoms with Crippen LogP contribution in [-0.2, 0) is 14.8 Å². The summed E-state index contributed by atoms with van der Waals surface area (Å²) in [5.74, 6) is 0.0378. The molecule has 0 radical (unpaired) electrons. The number of carbonyl (C=O) groups excluding carboxylic acids is 1. The van der Waals surface area contributed by atoms with Crippen molar-refractivity contribution in [1.29, 1.82) is 0 Å². The topological polar surface area (TPSA) is 60.9 Å². The molecule has 0 saturated carbocycles. The van der Waals surface area contributed by atoms with Crippen LogP contribution in [0.4, 0.5) is 0 Å². The van der Waals surface area contributed by atoms with E-state index in [0.717, 1.165) is 17.3 Å². The maximum absolute atomic E-state index is 13.1. The Morgan fingerprint density at radius 3 is 2.46 bits per heavy atom. The molecule has 0 bridgehead atoms. The van der Waals surface area contributed by atoms with E-state index >= 15 is 0 Å². The van der Waals surface area contributed by atoms with Crippen molar-refractivity contribution < 1.29 is 13.2 Å². The molecule has 2 aromatic carbocycles. The highest BCUT2D eigenvalue weighted by molar-refractivity contribution is 7.89. The van der Waals surface area contributed by atoms with Crippen LogP contribution >= 0.6 is 0 Å². The van der Waals surface area contributed by atoms with Gasteiger partial charge in [-0.2, -0.15) is 4.31 Å². The lowest BCUT2D eigenvalue weighted by molar-refractivity contribution is -0.129. The summed E-state index contributed by atoms with van der Waals surface area (Å²) < 4.78 is 27.6. The molecule has 1 fully saturated rings. The maximum atomic E-state index is 13.1. The Bertz CT molecular complexity index is 896. The lowest BCUT2D eigenvalue weighted by atomic mass is 10.1. The van der Waals surface area contributed by atoms with Gasteiger partial charge in [-0.15, -0.1) is 0 Å². The predicted molar refractivity (Wildman–Crippen MR) is 102 cm³/mol. The number of hydrogen-bond acceptors (Lipinski definition) is 4. The number of fused-ring (bicyclic) bond motifs is 1. The Morgan fingerprint density at radius 2 is 1.73 bits per heavy atom. The summed E-state index contributed by atoms with van der Waals surface area (Å²) in [4.78, 5) is 15.8. The van der Waals surface area contributed by atoms with Gasteiger partial charge in [-0.25, -0.2) is 8.42 Å². The average Bonchev–Trinajstić information content (AvgIpc) is 2.87. The predicted octanol–water partition coefficient (Wildman–Crippen LogP) is 1.62. The van der Waals surface area contributed by atoms with E-state index in [1.54, 1.807) is 31.1 Å². The number of rotatable bonds is 4. The van der Waals surface area contributed by atoms with Crippen LogP contribution in [0.15, 0.2) is 47.4 Å². The van der Waals surface area contributed by atoms with Crippen LogP contribution in [0, 0.1) is 0 Å². The number of amides is 1. The molecule has 3 rings (SSSR count). The van der Waals surface area contributed by atoms with Gasteiger partial charge in [0.15, 0.2) is 0 Å². The molecule has 6 nitrogen and oxygen atoms in total. The van der Waals surface area contributed by atoms with Crippen molar-refractivity contribution in [3.8, 4) is 0 Å². The number of benzene rings is 2. The lowest BCUT2D eigenvalue weighted by Crippen LogP contribution is -2.39. The fourth-order valence-electron chi connectivity index (χ4n) is 3.16. The molecule has 0 N–H and O–H groups in total. The van der Waals surface area contributed by atoms with Crippen LogP contribution in [0.25, 0.3) is 10.8 Å². The first-order valence-electron chi connectivity index (χ1n) is 8.79. The SMILES string of the molecule is CN(C)C(=O)CN1CCCN(S(=O)(=O)c2ccc3ccccc3c2)CC1. The zero-order valence-electron chi connectivity index (χ0n) is 15.3. The van der Waals surface area contributed by atoms with E-state index in [4.69, 9.17) is 0 Å². The molecule has 26 heavy (non-hydrogen) atoms. The van der Waals surface area contributed by atoms with Crippen LogP contribution in [-0.4, -0.2) is 75.2 Å². The van der Waals surface area contributed by atoms with Crippen LogP contribution in [0.5, 0.6) is 0 Å². The molecule has 0 spiro atoms. The van der Waals surface area contributed by atoms with Crippen LogP contribution in [0.3, 0.4) is 0 Å². The standard InChI is InChI=1S/C19H25N3O3S/c1-20(2)19(23)15-21-10-5-11-22(13-12-21)26(24,25)18-9-8-16-6-3-4-7-17(16)14-18/h3-4,6-9,14H,5,10-13,15H2,1-2H3. The third kappa shape index (κ3) is 4.06. The molecular formula is C19H25N3O3S. The monoisotopic (exact) mass is 375 g/mol. The molecule has 1 amide bonds. The van der Waals surface area contributed by atoms with Crippen LogP contribution in [0.2, 0.25) is 0 Å². The quantitative estimate of drug-likeness (QED) is 0.815. The third-order valence-corrected chi connectivity index (χ3v) is 6.66. The van der Waals surface area contributed by atoms with Crippen LogP contribution < -0.4 is 0 Å². The first-order valence-corrected chi connectivity index (χ1v) is 10.2. The number of carbonyl (C=O) groups is 1. The van der Waals surface area contributed by atoms with Crippen molar-refractivity contribution >= 4 is 26.7 Å². The molecule has 0 atom stereocenters. The fourth-order valence-corrected chi connectivity index (χ4v) is 4.66. The molecule has 1 aliphatic heterocycles. The van der Waals surface area contributed by atoms with E-state index in [0.29, 0.717) is 37.5 Å². The smallest absolute Gasteiger partial charge is 0.243 e. The third-order valence-electron chi connectivity index (χ3n) is 4.76. The minimum atomic E-state index is -3.53. The average molecular weight is 375 g/mol. The molecule has 140 valence electrons. The second kappa shape index (κ2) is 7.73. The lowest BCUT2D eigenvalue weighted by Gasteiger charge is -2.22. The molecular weight excluding hydrogens is 350 g/mol. The highest BCUT2D eigenvalue weighted by Gasteiger charge is 2.27. The summed E-state index contributed by atoms with van der Waals surface area (Å²) in [7, 11) is -0.0682. The molecule has 0 aromatic heterocycles. The van der Waals surface area contributed by atoms with Gasteiger partial charge in [-0.1, -0.05) is 30.3 Å². The number of nitrogens with zero attached hydrogens (tertiary/aromatic N) is 3. The minimum absolute atomic E-state index is 0.0378. The van der Waals surface area contributed by atoms with Gasteiger partial charge >= 0.3 is 0 Å². The Kier molecular flexibility index (Phi) is 5.60.